The van der Waals surface area contributed by atoms with Crippen molar-refractivity contribution in [2.45, 2.75) is 13.8 Å². The van der Waals surface area contributed by atoms with E-state index in [-0.39, 0.29) is 25.9 Å². The summed E-state index contributed by atoms with van der Waals surface area (Å²) in [5.74, 6) is 0.991. The molecule has 0 atom stereocenters. The summed E-state index contributed by atoms with van der Waals surface area (Å²) in [6.07, 6.45) is 0. The smallest absolute Gasteiger partial charge is 1.00 e. The minimum atomic E-state index is 0. The summed E-state index contributed by atoms with van der Waals surface area (Å²) >= 11 is 0. The van der Waals surface area contributed by atoms with Crippen molar-refractivity contribution in [2.75, 3.05) is 6.61 Å². The van der Waals surface area contributed by atoms with Gasteiger partial charge in [0.05, 0.1) is 6.61 Å². The first-order valence-corrected chi connectivity index (χ1v) is 3.53. The van der Waals surface area contributed by atoms with Gasteiger partial charge < -0.3 is 7.59 Å². The number of aryl methyl sites for hydroxylation is 1. The fraction of sp³-hybridized carbons (Fsp3) is 0.333. The van der Waals surface area contributed by atoms with Crippen molar-refractivity contribution in [3.05, 3.63) is 29.8 Å². The Balaban J connectivity index is -0.000000333. The van der Waals surface area contributed by atoms with Crippen LogP contribution >= 0.6 is 0 Å². The van der Waals surface area contributed by atoms with Gasteiger partial charge >= 0.3 is 23.1 Å². The normalized spacial score (nSPS) is 8.55. The summed E-state index contributed by atoms with van der Waals surface area (Å²) in [6.45, 7) is 4.78. The fourth-order valence-electron chi connectivity index (χ4n) is 0.874. The van der Waals surface area contributed by atoms with Crippen LogP contribution in [0.1, 0.15) is 15.3 Å². The Morgan fingerprint density at radius 3 is 2.55 bits per heavy atom. The summed E-state index contributed by atoms with van der Waals surface area (Å²) < 4.78 is 5.34. The average Bonchev–Trinajstić information content (AvgIpc) is 1.94. The third-order valence-corrected chi connectivity index (χ3v) is 1.39. The van der Waals surface area contributed by atoms with Crippen molar-refractivity contribution >= 4 is 23.1 Å². The van der Waals surface area contributed by atoms with E-state index in [9.17, 15) is 0 Å². The monoisotopic (exact) mass is 162 g/mol. The topological polar surface area (TPSA) is 9.23 Å². The molecule has 0 aromatic heterocycles. The van der Waals surface area contributed by atoms with Crippen molar-refractivity contribution in [1.82, 2.24) is 0 Å². The average molecular weight is 163 g/mol. The molecule has 1 nitrogen and oxygen atoms in total. The Morgan fingerprint density at radius 1 is 1.36 bits per heavy atom. The Labute approximate surface area is 86.9 Å². The molecule has 0 amide bonds. The molecule has 1 aromatic rings. The molecule has 1 aromatic carbocycles. The maximum Gasteiger partial charge on any atom is 2.00 e. The molecule has 0 bridgehead atoms. The maximum absolute atomic E-state index is 5.34. The number of hydrogen-bond acceptors (Lipinski definition) is 1. The molecule has 0 unspecified atom stereocenters. The maximum atomic E-state index is 5.34. The van der Waals surface area contributed by atoms with Gasteiger partial charge in [-0.25, -0.2) is 0 Å². The molecule has 0 saturated heterocycles. The van der Waals surface area contributed by atoms with Gasteiger partial charge in [-0.2, -0.15) is 0 Å². The van der Waals surface area contributed by atoms with Crippen LogP contribution in [0, 0.1) is 6.92 Å². The van der Waals surface area contributed by atoms with Crippen molar-refractivity contribution in [1.29, 1.82) is 0 Å². The standard InChI is InChI=1S/C9H12O.Mg.2H/c1-3-10-9-7-5-4-6-8(9)2;;;/h4-7H,3H2,1-2H3;;;/q;+2;2*-1. The molecular formula is C9H14MgO. The third-order valence-electron chi connectivity index (χ3n) is 1.39. The molecule has 0 spiro atoms. The summed E-state index contributed by atoms with van der Waals surface area (Å²) in [5, 5.41) is 0. The minimum Gasteiger partial charge on any atom is -1.00 e. The zero-order valence-electron chi connectivity index (χ0n) is 9.13. The molecule has 1 rings (SSSR count). The van der Waals surface area contributed by atoms with Crippen LogP contribution in [0.25, 0.3) is 0 Å². The van der Waals surface area contributed by atoms with Crippen LogP contribution in [-0.4, -0.2) is 29.7 Å². The van der Waals surface area contributed by atoms with E-state index >= 15 is 0 Å². The van der Waals surface area contributed by atoms with Crippen LogP contribution in [0.5, 0.6) is 5.75 Å². The van der Waals surface area contributed by atoms with Gasteiger partial charge in [-0.1, -0.05) is 18.2 Å². The molecule has 2 heteroatoms. The predicted octanol–water partition coefficient (Wildman–Crippen LogP) is 2.24. The second-order valence-electron chi connectivity index (χ2n) is 2.20. The summed E-state index contributed by atoms with van der Waals surface area (Å²) in [6, 6.07) is 8.03. The quantitative estimate of drug-likeness (QED) is 0.606. The zero-order valence-corrected chi connectivity index (χ0v) is 8.55. The van der Waals surface area contributed by atoms with Crippen LogP contribution in [0.15, 0.2) is 24.3 Å². The Morgan fingerprint density at radius 2 is 2.00 bits per heavy atom. The number of rotatable bonds is 2. The second-order valence-corrected chi connectivity index (χ2v) is 2.20. The number of para-hydroxylation sites is 1. The minimum absolute atomic E-state index is 0. The Hall–Kier alpha value is -0.214. The van der Waals surface area contributed by atoms with E-state index in [2.05, 4.69) is 0 Å². The van der Waals surface area contributed by atoms with E-state index in [1.165, 1.54) is 5.56 Å². The molecule has 0 aliphatic rings. The van der Waals surface area contributed by atoms with E-state index in [1.807, 2.05) is 38.1 Å². The van der Waals surface area contributed by atoms with Crippen molar-refractivity contribution < 1.29 is 7.59 Å². The molecule has 0 aliphatic carbocycles. The van der Waals surface area contributed by atoms with Crippen molar-refractivity contribution in [3.63, 3.8) is 0 Å². The second kappa shape index (κ2) is 5.44. The first-order chi connectivity index (χ1) is 4.84. The van der Waals surface area contributed by atoms with E-state index in [0.29, 0.717) is 0 Å². The molecule has 0 saturated carbocycles. The van der Waals surface area contributed by atoms with Gasteiger partial charge in [0.25, 0.3) is 0 Å². The van der Waals surface area contributed by atoms with Gasteiger partial charge in [0.1, 0.15) is 5.75 Å². The number of benzene rings is 1. The summed E-state index contributed by atoms with van der Waals surface area (Å²) in [5.41, 5.74) is 1.20. The van der Waals surface area contributed by atoms with Crippen LogP contribution in [0.4, 0.5) is 0 Å². The molecule has 0 fully saturated rings. The summed E-state index contributed by atoms with van der Waals surface area (Å²) in [4.78, 5) is 0. The van der Waals surface area contributed by atoms with Gasteiger partial charge in [0.2, 0.25) is 0 Å². The molecule has 0 radical (unpaired) electrons. The van der Waals surface area contributed by atoms with E-state index in [1.54, 1.807) is 0 Å². The molecule has 0 aliphatic heterocycles. The SMILES string of the molecule is CCOc1ccccc1C.[H-].[H-].[Mg+2]. The number of ether oxygens (including phenoxy) is 1. The first-order valence-electron chi connectivity index (χ1n) is 3.53. The van der Waals surface area contributed by atoms with Crippen LogP contribution < -0.4 is 4.74 Å². The van der Waals surface area contributed by atoms with Crippen LogP contribution in [0.2, 0.25) is 0 Å². The molecular weight excluding hydrogens is 148 g/mol. The molecule has 0 N–H and O–H groups in total. The van der Waals surface area contributed by atoms with Gasteiger partial charge in [-0.05, 0) is 25.5 Å². The predicted molar refractivity (Wildman–Crippen MR) is 50.3 cm³/mol. The van der Waals surface area contributed by atoms with E-state index in [4.69, 9.17) is 4.74 Å². The molecule has 58 valence electrons. The molecule has 11 heavy (non-hydrogen) atoms. The first kappa shape index (κ1) is 10.8. The summed E-state index contributed by atoms with van der Waals surface area (Å²) in [7, 11) is 0. The third kappa shape index (κ3) is 3.12. The van der Waals surface area contributed by atoms with Gasteiger partial charge in [-0.15, -0.1) is 0 Å². The van der Waals surface area contributed by atoms with E-state index < -0.39 is 0 Å². The van der Waals surface area contributed by atoms with Crippen molar-refractivity contribution in [2.24, 2.45) is 0 Å². The van der Waals surface area contributed by atoms with E-state index in [0.717, 1.165) is 12.4 Å². The van der Waals surface area contributed by atoms with Crippen molar-refractivity contribution in [3.8, 4) is 5.75 Å². The largest absolute Gasteiger partial charge is 2.00 e. The number of hydrogen-bond donors (Lipinski definition) is 0. The van der Waals surface area contributed by atoms with Crippen LogP contribution in [0.3, 0.4) is 0 Å². The van der Waals surface area contributed by atoms with Gasteiger partial charge in [0.15, 0.2) is 0 Å². The Bertz CT molecular complexity index is 219. The van der Waals surface area contributed by atoms with Gasteiger partial charge in [-0.3, -0.25) is 0 Å². The molecule has 0 heterocycles. The Kier molecular flexibility index (Phi) is 5.33. The zero-order chi connectivity index (χ0) is 7.40. The van der Waals surface area contributed by atoms with Gasteiger partial charge in [0, 0.05) is 0 Å². The van der Waals surface area contributed by atoms with Crippen LogP contribution in [-0.2, 0) is 0 Å². The fourth-order valence-corrected chi connectivity index (χ4v) is 0.874.